The molecule has 19 heavy (non-hydrogen) atoms. The van der Waals surface area contributed by atoms with Gasteiger partial charge in [-0.3, -0.25) is 0 Å². The second-order valence-electron chi connectivity index (χ2n) is 5.52. The van der Waals surface area contributed by atoms with Crippen LogP contribution in [0.1, 0.15) is 78.1 Å². The summed E-state index contributed by atoms with van der Waals surface area (Å²) >= 11 is 0. The third kappa shape index (κ3) is 6.74. The van der Waals surface area contributed by atoms with Gasteiger partial charge in [-0.15, -0.1) is 0 Å². The molecule has 1 rings (SSSR count). The molecule has 0 aliphatic carbocycles. The summed E-state index contributed by atoms with van der Waals surface area (Å²) in [6, 6.07) is 0. The molecule has 3 nitrogen and oxygen atoms in total. The first-order chi connectivity index (χ1) is 9.27. The number of unbranched alkanes of at least 4 members (excludes halogenated alkanes) is 6. The molecule has 0 amide bonds. The van der Waals surface area contributed by atoms with E-state index >= 15 is 0 Å². The first-order valence-corrected chi connectivity index (χ1v) is 8.03. The number of rotatable bonds is 11. The fraction of sp³-hybridized carbons (Fsp3) is 0.875. The van der Waals surface area contributed by atoms with Crippen molar-refractivity contribution in [3.8, 4) is 0 Å². The first kappa shape index (κ1) is 16.2. The van der Waals surface area contributed by atoms with Crippen LogP contribution in [-0.2, 0) is 9.53 Å². The quantitative estimate of drug-likeness (QED) is 0.408. The summed E-state index contributed by atoms with van der Waals surface area (Å²) in [4.78, 5) is 15.4. The molecule has 0 aromatic rings. The van der Waals surface area contributed by atoms with Gasteiger partial charge < -0.3 is 4.74 Å². The van der Waals surface area contributed by atoms with E-state index < -0.39 is 0 Å². The van der Waals surface area contributed by atoms with Gasteiger partial charge in [-0.2, -0.15) is 0 Å². The number of carbonyl (C=O) groups is 1. The Kier molecular flexibility index (Phi) is 8.52. The maximum absolute atomic E-state index is 11.2. The summed E-state index contributed by atoms with van der Waals surface area (Å²) in [5.41, 5.74) is 0. The second-order valence-corrected chi connectivity index (χ2v) is 5.52. The van der Waals surface area contributed by atoms with Crippen LogP contribution in [0.25, 0.3) is 0 Å². The summed E-state index contributed by atoms with van der Waals surface area (Å²) in [7, 11) is 0. The van der Waals surface area contributed by atoms with Crippen molar-refractivity contribution in [2.24, 2.45) is 10.9 Å². The van der Waals surface area contributed by atoms with Crippen molar-refractivity contribution in [2.45, 2.75) is 78.1 Å². The number of nitrogens with zero attached hydrogens (tertiary/aromatic N) is 1. The Morgan fingerprint density at radius 1 is 1.00 bits per heavy atom. The zero-order valence-corrected chi connectivity index (χ0v) is 12.6. The van der Waals surface area contributed by atoms with Crippen molar-refractivity contribution in [2.75, 3.05) is 6.54 Å². The van der Waals surface area contributed by atoms with E-state index in [2.05, 4.69) is 18.8 Å². The molecule has 3 heteroatoms. The van der Waals surface area contributed by atoms with E-state index in [1.54, 1.807) is 0 Å². The van der Waals surface area contributed by atoms with Crippen LogP contribution < -0.4 is 0 Å². The van der Waals surface area contributed by atoms with Gasteiger partial charge in [0.25, 0.3) is 0 Å². The van der Waals surface area contributed by atoms with Gasteiger partial charge in [0, 0.05) is 5.92 Å². The van der Waals surface area contributed by atoms with E-state index in [0.717, 1.165) is 18.7 Å². The van der Waals surface area contributed by atoms with Gasteiger partial charge in [0.05, 0.1) is 0 Å². The van der Waals surface area contributed by atoms with Gasteiger partial charge in [-0.05, 0) is 12.8 Å². The minimum absolute atomic E-state index is 0.179. The molecule has 0 fully saturated rings. The van der Waals surface area contributed by atoms with Crippen LogP contribution in [0.15, 0.2) is 4.99 Å². The number of hydrogen-bond donors (Lipinski definition) is 0. The molecule has 110 valence electrons. The van der Waals surface area contributed by atoms with E-state index in [9.17, 15) is 4.79 Å². The predicted molar refractivity (Wildman–Crippen MR) is 79.4 cm³/mol. The molecule has 1 aliphatic heterocycles. The highest BCUT2D eigenvalue weighted by atomic mass is 16.6. The Labute approximate surface area is 117 Å². The van der Waals surface area contributed by atoms with Crippen molar-refractivity contribution in [1.29, 1.82) is 0 Å². The summed E-state index contributed by atoms with van der Waals surface area (Å²) in [6.07, 6.45) is 12.4. The molecule has 0 saturated carbocycles. The number of carbonyl (C=O) groups excluding carboxylic acids is 1. The summed E-state index contributed by atoms with van der Waals surface area (Å²) in [6.45, 7) is 4.69. The standard InChI is InChI=1S/C16H29NO2/c1-3-5-7-9-11-14(12-10-8-6-4-2)16-17-13-15(18)19-16/h14H,3-13H2,1-2H3. The van der Waals surface area contributed by atoms with Gasteiger partial charge in [0.15, 0.2) is 5.90 Å². The monoisotopic (exact) mass is 267 g/mol. The number of aliphatic imine (C=N–C) groups is 1. The fourth-order valence-corrected chi connectivity index (χ4v) is 2.56. The van der Waals surface area contributed by atoms with Crippen LogP contribution in [0.3, 0.4) is 0 Å². The first-order valence-electron chi connectivity index (χ1n) is 8.03. The highest BCUT2D eigenvalue weighted by Gasteiger charge is 2.24. The Morgan fingerprint density at radius 2 is 1.58 bits per heavy atom. The largest absolute Gasteiger partial charge is 0.410 e. The third-order valence-corrected chi connectivity index (χ3v) is 3.74. The fourth-order valence-electron chi connectivity index (χ4n) is 2.56. The van der Waals surface area contributed by atoms with E-state index in [0.29, 0.717) is 5.92 Å². The van der Waals surface area contributed by atoms with Crippen LogP contribution in [0.4, 0.5) is 0 Å². The van der Waals surface area contributed by atoms with Crippen molar-refractivity contribution in [1.82, 2.24) is 0 Å². The van der Waals surface area contributed by atoms with E-state index in [1.807, 2.05) is 0 Å². The second kappa shape index (κ2) is 9.99. The summed E-state index contributed by atoms with van der Waals surface area (Å²) in [5, 5.41) is 0. The molecule has 1 aliphatic rings. The molecule has 0 bridgehead atoms. The van der Waals surface area contributed by atoms with E-state index in [1.165, 1.54) is 51.4 Å². The molecule has 0 N–H and O–H groups in total. The molecule has 0 saturated heterocycles. The topological polar surface area (TPSA) is 38.7 Å². The molecule has 0 aromatic heterocycles. The molecule has 0 radical (unpaired) electrons. The summed E-state index contributed by atoms with van der Waals surface area (Å²) in [5.74, 6) is 0.917. The molecule has 0 atom stereocenters. The number of hydrogen-bond acceptors (Lipinski definition) is 3. The highest BCUT2D eigenvalue weighted by Crippen LogP contribution is 2.22. The molecular weight excluding hydrogens is 238 g/mol. The van der Waals surface area contributed by atoms with Crippen LogP contribution in [0, 0.1) is 5.92 Å². The van der Waals surface area contributed by atoms with Crippen molar-refractivity contribution < 1.29 is 9.53 Å². The lowest BCUT2D eigenvalue weighted by atomic mass is 9.94. The maximum atomic E-state index is 11.2. The van der Waals surface area contributed by atoms with Gasteiger partial charge in [-0.1, -0.05) is 65.2 Å². The van der Waals surface area contributed by atoms with Crippen molar-refractivity contribution in [3.63, 3.8) is 0 Å². The zero-order valence-electron chi connectivity index (χ0n) is 12.6. The molecular formula is C16H29NO2. The van der Waals surface area contributed by atoms with Gasteiger partial charge >= 0.3 is 5.97 Å². The number of ether oxygens (including phenoxy) is 1. The maximum Gasteiger partial charge on any atom is 0.334 e. The predicted octanol–water partition coefficient (Wildman–Crippen LogP) is 4.50. The SMILES string of the molecule is CCCCCCC(CCCCCC)C1=NCC(=O)O1. The summed E-state index contributed by atoms with van der Waals surface area (Å²) < 4.78 is 5.25. The minimum Gasteiger partial charge on any atom is -0.410 e. The molecule has 0 unspecified atom stereocenters. The lowest BCUT2D eigenvalue weighted by molar-refractivity contribution is -0.132. The lowest BCUT2D eigenvalue weighted by Gasteiger charge is -2.15. The Balaban J connectivity index is 2.32. The normalized spacial score (nSPS) is 14.9. The van der Waals surface area contributed by atoms with Crippen LogP contribution in [0.5, 0.6) is 0 Å². The van der Waals surface area contributed by atoms with Crippen LogP contribution in [-0.4, -0.2) is 18.4 Å². The van der Waals surface area contributed by atoms with Crippen LogP contribution >= 0.6 is 0 Å². The molecule has 1 heterocycles. The van der Waals surface area contributed by atoms with Crippen molar-refractivity contribution in [3.05, 3.63) is 0 Å². The average Bonchev–Trinajstić information content (AvgIpc) is 2.83. The van der Waals surface area contributed by atoms with Crippen molar-refractivity contribution >= 4 is 11.9 Å². The lowest BCUT2D eigenvalue weighted by Crippen LogP contribution is -2.17. The highest BCUT2D eigenvalue weighted by molar-refractivity contribution is 5.96. The van der Waals surface area contributed by atoms with Gasteiger partial charge in [-0.25, -0.2) is 9.79 Å². The smallest absolute Gasteiger partial charge is 0.334 e. The number of esters is 1. The Bertz CT molecular complexity index is 274. The molecule has 0 aromatic carbocycles. The zero-order chi connectivity index (χ0) is 13.9. The van der Waals surface area contributed by atoms with E-state index in [-0.39, 0.29) is 12.5 Å². The van der Waals surface area contributed by atoms with Gasteiger partial charge in [0.2, 0.25) is 0 Å². The Morgan fingerprint density at radius 3 is 2.00 bits per heavy atom. The van der Waals surface area contributed by atoms with Crippen LogP contribution in [0.2, 0.25) is 0 Å². The van der Waals surface area contributed by atoms with Gasteiger partial charge in [0.1, 0.15) is 6.54 Å². The molecule has 0 spiro atoms. The minimum atomic E-state index is -0.179. The number of cyclic esters (lactones) is 1. The third-order valence-electron chi connectivity index (χ3n) is 3.74. The van der Waals surface area contributed by atoms with E-state index in [4.69, 9.17) is 4.74 Å². The average molecular weight is 267 g/mol. The Hall–Kier alpha value is -0.860.